The molecular formula is C20H13ClN2O7. The first-order chi connectivity index (χ1) is 14.3. The van der Waals surface area contributed by atoms with E-state index in [2.05, 4.69) is 0 Å². The number of halogens is 1. The number of nitrogens with zero attached hydrogens (tertiary/aromatic N) is 2. The molecule has 0 heterocycles. The highest BCUT2D eigenvalue weighted by Gasteiger charge is 2.16. The van der Waals surface area contributed by atoms with Gasteiger partial charge in [0.1, 0.15) is 18.1 Å². The zero-order valence-electron chi connectivity index (χ0n) is 15.2. The number of esters is 1. The molecular weight excluding hydrogens is 416 g/mol. The van der Waals surface area contributed by atoms with Gasteiger partial charge in [-0.25, -0.2) is 4.79 Å². The second-order valence-electron chi connectivity index (χ2n) is 6.00. The van der Waals surface area contributed by atoms with Crippen LogP contribution in [-0.2, 0) is 11.3 Å². The highest BCUT2D eigenvalue weighted by Crippen LogP contribution is 2.26. The summed E-state index contributed by atoms with van der Waals surface area (Å²) in [6.07, 6.45) is 0. The molecule has 152 valence electrons. The first kappa shape index (κ1) is 20.7. The quantitative estimate of drug-likeness (QED) is 0.284. The molecule has 3 aromatic rings. The highest BCUT2D eigenvalue weighted by molar-refractivity contribution is 6.33. The Kier molecular flexibility index (Phi) is 6.23. The van der Waals surface area contributed by atoms with E-state index in [0.29, 0.717) is 17.1 Å². The van der Waals surface area contributed by atoms with E-state index in [0.717, 1.165) is 6.07 Å². The molecule has 0 N–H and O–H groups in total. The minimum atomic E-state index is -0.725. The Morgan fingerprint density at radius 3 is 2.17 bits per heavy atom. The number of ether oxygens (including phenoxy) is 2. The third-order valence-electron chi connectivity index (χ3n) is 3.94. The van der Waals surface area contributed by atoms with Gasteiger partial charge in [-0.05, 0) is 35.9 Å². The molecule has 30 heavy (non-hydrogen) atoms. The minimum Gasteiger partial charge on any atom is -0.457 e. The van der Waals surface area contributed by atoms with Gasteiger partial charge in [-0.1, -0.05) is 23.7 Å². The molecule has 0 fully saturated rings. The van der Waals surface area contributed by atoms with Crippen molar-refractivity contribution >= 4 is 28.9 Å². The predicted octanol–water partition coefficient (Wildman–Crippen LogP) is 5.31. The summed E-state index contributed by atoms with van der Waals surface area (Å²) in [4.78, 5) is 32.5. The van der Waals surface area contributed by atoms with Gasteiger partial charge in [0.05, 0.1) is 20.4 Å². The van der Waals surface area contributed by atoms with Crippen molar-refractivity contribution in [2.75, 3.05) is 0 Å². The zero-order valence-corrected chi connectivity index (χ0v) is 15.9. The molecule has 3 rings (SSSR count). The van der Waals surface area contributed by atoms with Crippen molar-refractivity contribution in [2.24, 2.45) is 0 Å². The van der Waals surface area contributed by atoms with Gasteiger partial charge in [0.2, 0.25) is 0 Å². The van der Waals surface area contributed by atoms with Crippen molar-refractivity contribution in [1.82, 2.24) is 0 Å². The van der Waals surface area contributed by atoms with Crippen LogP contribution >= 0.6 is 11.6 Å². The second kappa shape index (κ2) is 9.01. The number of carbonyl (C=O) groups excluding carboxylic acids is 1. The Bertz CT molecular complexity index is 1120. The molecule has 0 radical (unpaired) electrons. The Balaban J connectivity index is 1.64. The maximum Gasteiger partial charge on any atom is 0.339 e. The van der Waals surface area contributed by atoms with Gasteiger partial charge in [-0.2, -0.15) is 0 Å². The van der Waals surface area contributed by atoms with Crippen molar-refractivity contribution in [3.63, 3.8) is 0 Å². The van der Waals surface area contributed by atoms with Crippen LogP contribution in [0.3, 0.4) is 0 Å². The van der Waals surface area contributed by atoms with Crippen LogP contribution in [0, 0.1) is 20.2 Å². The molecule has 0 saturated carbocycles. The van der Waals surface area contributed by atoms with Crippen LogP contribution in [0.4, 0.5) is 11.4 Å². The lowest BCUT2D eigenvalue weighted by Crippen LogP contribution is -2.06. The Hall–Kier alpha value is -3.98. The molecule has 10 heteroatoms. The third kappa shape index (κ3) is 5.09. The molecule has 9 nitrogen and oxygen atoms in total. The minimum absolute atomic E-state index is 0.0144. The van der Waals surface area contributed by atoms with E-state index in [-0.39, 0.29) is 28.6 Å². The fourth-order valence-corrected chi connectivity index (χ4v) is 2.73. The standard InChI is InChI=1S/C20H13ClN2O7/c21-19-11-15(23(27)28)6-9-18(19)20(24)29-12-13-2-1-3-17(10-13)30-16-7-4-14(5-8-16)22(25)26/h1-11H,12H2. The van der Waals surface area contributed by atoms with Crippen molar-refractivity contribution in [3.05, 3.63) is 103 Å². The van der Waals surface area contributed by atoms with Crippen molar-refractivity contribution in [2.45, 2.75) is 6.61 Å². The summed E-state index contributed by atoms with van der Waals surface area (Å²) in [5.74, 6) is 0.134. The van der Waals surface area contributed by atoms with Gasteiger partial charge < -0.3 is 9.47 Å². The van der Waals surface area contributed by atoms with Crippen molar-refractivity contribution in [1.29, 1.82) is 0 Å². The van der Waals surface area contributed by atoms with E-state index in [1.807, 2.05) is 0 Å². The number of nitro groups is 2. The molecule has 0 unspecified atom stereocenters. The van der Waals surface area contributed by atoms with Crippen LogP contribution in [0.5, 0.6) is 11.5 Å². The largest absolute Gasteiger partial charge is 0.457 e. The lowest BCUT2D eigenvalue weighted by molar-refractivity contribution is -0.385. The first-order valence-corrected chi connectivity index (χ1v) is 8.83. The number of hydrogen-bond acceptors (Lipinski definition) is 7. The van der Waals surface area contributed by atoms with Gasteiger partial charge >= 0.3 is 5.97 Å². The van der Waals surface area contributed by atoms with Gasteiger partial charge in [-0.15, -0.1) is 0 Å². The van der Waals surface area contributed by atoms with Crippen LogP contribution in [0.2, 0.25) is 5.02 Å². The molecule has 0 spiro atoms. The average Bonchev–Trinajstić information content (AvgIpc) is 2.72. The fraction of sp³-hybridized carbons (Fsp3) is 0.0500. The van der Waals surface area contributed by atoms with Gasteiger partial charge in [0.15, 0.2) is 0 Å². The topological polar surface area (TPSA) is 122 Å². The van der Waals surface area contributed by atoms with Crippen molar-refractivity contribution < 1.29 is 24.1 Å². The van der Waals surface area contributed by atoms with Gasteiger partial charge in [0.25, 0.3) is 11.4 Å². The summed E-state index contributed by atoms with van der Waals surface area (Å²) < 4.78 is 10.9. The fourth-order valence-electron chi connectivity index (χ4n) is 2.48. The molecule has 3 aromatic carbocycles. The summed E-state index contributed by atoms with van der Waals surface area (Å²) in [7, 11) is 0. The second-order valence-corrected chi connectivity index (χ2v) is 6.41. The zero-order chi connectivity index (χ0) is 21.7. The lowest BCUT2D eigenvalue weighted by atomic mass is 10.2. The maximum absolute atomic E-state index is 12.2. The molecule has 0 saturated heterocycles. The van der Waals surface area contributed by atoms with E-state index >= 15 is 0 Å². The molecule has 0 aromatic heterocycles. The maximum atomic E-state index is 12.2. The smallest absolute Gasteiger partial charge is 0.339 e. The van der Waals surface area contributed by atoms with E-state index in [1.165, 1.54) is 36.4 Å². The van der Waals surface area contributed by atoms with Crippen LogP contribution in [0.15, 0.2) is 66.7 Å². The SMILES string of the molecule is O=C(OCc1cccc(Oc2ccc([N+](=O)[O-])cc2)c1)c1ccc([N+](=O)[O-])cc1Cl. The Labute approximate surface area is 174 Å². The lowest BCUT2D eigenvalue weighted by Gasteiger charge is -2.09. The summed E-state index contributed by atoms with van der Waals surface area (Å²) in [5.41, 5.74) is 0.363. The van der Waals surface area contributed by atoms with Crippen LogP contribution in [-0.4, -0.2) is 15.8 Å². The van der Waals surface area contributed by atoms with Crippen molar-refractivity contribution in [3.8, 4) is 11.5 Å². The number of hydrogen-bond donors (Lipinski definition) is 0. The number of non-ortho nitro benzene ring substituents is 2. The van der Waals surface area contributed by atoms with E-state index in [1.54, 1.807) is 24.3 Å². The average molecular weight is 429 g/mol. The number of benzene rings is 3. The molecule has 0 bridgehead atoms. The number of nitro benzene ring substituents is 2. The summed E-state index contributed by atoms with van der Waals surface area (Å²) in [5, 5.41) is 21.4. The van der Waals surface area contributed by atoms with Crippen LogP contribution in [0.25, 0.3) is 0 Å². The predicted molar refractivity (Wildman–Crippen MR) is 107 cm³/mol. The Morgan fingerprint density at radius 1 is 0.867 bits per heavy atom. The summed E-state index contributed by atoms with van der Waals surface area (Å²) in [6, 6.07) is 15.8. The molecule has 0 aliphatic heterocycles. The normalized spacial score (nSPS) is 10.3. The molecule has 0 atom stereocenters. The van der Waals surface area contributed by atoms with E-state index in [4.69, 9.17) is 21.1 Å². The third-order valence-corrected chi connectivity index (χ3v) is 4.25. The molecule has 0 amide bonds. The summed E-state index contributed by atoms with van der Waals surface area (Å²) in [6.45, 7) is -0.0798. The van der Waals surface area contributed by atoms with Gasteiger partial charge in [0, 0.05) is 24.3 Å². The van der Waals surface area contributed by atoms with Gasteiger partial charge in [-0.3, -0.25) is 20.2 Å². The van der Waals surface area contributed by atoms with E-state index < -0.39 is 15.8 Å². The first-order valence-electron chi connectivity index (χ1n) is 8.46. The van der Waals surface area contributed by atoms with E-state index in [9.17, 15) is 25.0 Å². The Morgan fingerprint density at radius 2 is 1.53 bits per heavy atom. The highest BCUT2D eigenvalue weighted by atomic mass is 35.5. The number of carbonyl (C=O) groups is 1. The van der Waals surface area contributed by atoms with Crippen LogP contribution in [0.1, 0.15) is 15.9 Å². The summed E-state index contributed by atoms with van der Waals surface area (Å²) >= 11 is 5.93. The van der Waals surface area contributed by atoms with Crippen LogP contribution < -0.4 is 4.74 Å². The molecule has 0 aliphatic carbocycles. The number of rotatable bonds is 7. The monoisotopic (exact) mass is 428 g/mol. The molecule has 0 aliphatic rings.